The van der Waals surface area contributed by atoms with Crippen LogP contribution in [0.1, 0.15) is 20.9 Å². The van der Waals surface area contributed by atoms with E-state index in [1.807, 2.05) is 32.0 Å². The Bertz CT molecular complexity index is 1120. The quantitative estimate of drug-likeness (QED) is 0.311. The van der Waals surface area contributed by atoms with Crippen molar-refractivity contribution in [2.45, 2.75) is 13.8 Å². The van der Waals surface area contributed by atoms with Crippen molar-refractivity contribution in [3.05, 3.63) is 61.4 Å². The molecule has 0 aliphatic rings. The molecule has 2 aromatic heterocycles. The molecule has 0 saturated heterocycles. The summed E-state index contributed by atoms with van der Waals surface area (Å²) in [5.74, 6) is -0.864. The summed E-state index contributed by atoms with van der Waals surface area (Å²) in [7, 11) is 0. The molecule has 142 valence electrons. The average Bonchev–Trinajstić information content (AvgIpc) is 3.00. The molecule has 0 spiro atoms. The fraction of sp³-hybridized carbons (Fsp3) is 0.167. The van der Waals surface area contributed by atoms with E-state index in [0.29, 0.717) is 26.5 Å². The van der Waals surface area contributed by atoms with Crippen LogP contribution in [-0.4, -0.2) is 23.3 Å². The van der Waals surface area contributed by atoms with Crippen molar-refractivity contribution in [1.29, 1.82) is 0 Å². The zero-order valence-electron chi connectivity index (χ0n) is 15.0. The number of benzene rings is 1. The number of rotatable bonds is 5. The van der Waals surface area contributed by atoms with E-state index in [-0.39, 0.29) is 12.5 Å². The van der Waals surface area contributed by atoms with E-state index >= 15 is 0 Å². The highest BCUT2D eigenvalue weighted by atomic mass is 79.9. The van der Waals surface area contributed by atoms with Gasteiger partial charge in [0.25, 0.3) is 5.91 Å². The lowest BCUT2D eigenvalue weighted by molar-refractivity contribution is -0.114. The van der Waals surface area contributed by atoms with Gasteiger partial charge in [0.05, 0.1) is 5.69 Å². The number of nitrogens with zero attached hydrogens (tertiary/aromatic N) is 4. The second-order valence-electron chi connectivity index (χ2n) is 5.97. The van der Waals surface area contributed by atoms with Crippen LogP contribution in [0.5, 0.6) is 0 Å². The minimum Gasteiger partial charge on any atom is -0.324 e. The third-order valence-corrected chi connectivity index (χ3v) is 5.45. The second kappa shape index (κ2) is 8.39. The number of aryl methyl sites for hydroxylation is 2. The highest BCUT2D eigenvalue weighted by Gasteiger charge is 2.22. The van der Waals surface area contributed by atoms with E-state index in [2.05, 4.69) is 41.6 Å². The summed E-state index contributed by atoms with van der Waals surface area (Å²) in [6.07, 6.45) is 0. The molecule has 0 fully saturated rings. The Hall–Kier alpha value is -2.94. The highest BCUT2D eigenvalue weighted by Crippen LogP contribution is 2.37. The van der Waals surface area contributed by atoms with Crippen LogP contribution in [0.15, 0.2) is 39.9 Å². The average molecular weight is 459 g/mol. The van der Waals surface area contributed by atoms with Gasteiger partial charge in [-0.3, -0.25) is 9.59 Å². The number of hydrogen-bond acceptors (Lipinski definition) is 5. The van der Waals surface area contributed by atoms with Gasteiger partial charge in [0.2, 0.25) is 5.91 Å². The first kappa shape index (κ1) is 19.8. The molecule has 2 heterocycles. The maximum absolute atomic E-state index is 12.9. The molecule has 10 heteroatoms. The van der Waals surface area contributed by atoms with Crippen molar-refractivity contribution in [1.82, 2.24) is 4.98 Å². The summed E-state index contributed by atoms with van der Waals surface area (Å²) in [5.41, 5.74) is 11.1. The molecule has 0 aliphatic heterocycles. The van der Waals surface area contributed by atoms with E-state index in [0.717, 1.165) is 15.7 Å². The molecule has 1 aromatic carbocycles. The lowest BCUT2D eigenvalue weighted by atomic mass is 10.1. The Morgan fingerprint density at radius 2 is 1.96 bits per heavy atom. The number of azide groups is 1. The predicted molar refractivity (Wildman–Crippen MR) is 114 cm³/mol. The van der Waals surface area contributed by atoms with Gasteiger partial charge in [-0.05, 0) is 55.3 Å². The topological polar surface area (TPSA) is 120 Å². The highest BCUT2D eigenvalue weighted by molar-refractivity contribution is 9.10. The molecular formula is C18H15BrN6O2S. The van der Waals surface area contributed by atoms with Crippen molar-refractivity contribution in [2.24, 2.45) is 5.11 Å². The van der Waals surface area contributed by atoms with Gasteiger partial charge in [0, 0.05) is 26.2 Å². The van der Waals surface area contributed by atoms with Gasteiger partial charge >= 0.3 is 0 Å². The van der Waals surface area contributed by atoms with Gasteiger partial charge in [0.1, 0.15) is 16.3 Å². The number of hydrogen-bond donors (Lipinski definition) is 2. The van der Waals surface area contributed by atoms with Crippen LogP contribution < -0.4 is 10.6 Å². The van der Waals surface area contributed by atoms with Crippen LogP contribution in [0.3, 0.4) is 0 Å². The summed E-state index contributed by atoms with van der Waals surface area (Å²) in [5, 5.41) is 9.50. The van der Waals surface area contributed by atoms with Gasteiger partial charge < -0.3 is 10.6 Å². The SMILES string of the molecule is Cc1cc(C)c2c(NC(=O)CN=[N+]=[N-])c(C(=O)Nc3ccc(Br)cc3)sc2n1. The number of thiophene rings is 1. The van der Waals surface area contributed by atoms with Crippen LogP contribution in [0.4, 0.5) is 11.4 Å². The fourth-order valence-electron chi connectivity index (χ4n) is 2.72. The number of fused-ring (bicyclic) bond motifs is 1. The van der Waals surface area contributed by atoms with Gasteiger partial charge in [-0.15, -0.1) is 11.3 Å². The number of aromatic nitrogens is 1. The Labute approximate surface area is 172 Å². The number of nitrogens with one attached hydrogen (secondary N) is 2. The number of amides is 2. The summed E-state index contributed by atoms with van der Waals surface area (Å²) < 4.78 is 0.897. The molecule has 0 bridgehead atoms. The number of carbonyl (C=O) groups is 2. The molecule has 28 heavy (non-hydrogen) atoms. The van der Waals surface area contributed by atoms with Crippen LogP contribution >= 0.6 is 27.3 Å². The second-order valence-corrected chi connectivity index (χ2v) is 7.88. The van der Waals surface area contributed by atoms with Crippen molar-refractivity contribution >= 4 is 60.7 Å². The molecule has 8 nitrogen and oxygen atoms in total. The first-order chi connectivity index (χ1) is 13.4. The summed E-state index contributed by atoms with van der Waals surface area (Å²) in [6, 6.07) is 9.05. The van der Waals surface area contributed by atoms with Gasteiger partial charge in [-0.25, -0.2) is 4.98 Å². The zero-order chi connectivity index (χ0) is 20.3. The Kier molecular flexibility index (Phi) is 5.93. The summed E-state index contributed by atoms with van der Waals surface area (Å²) in [6.45, 7) is 3.40. The number of pyridine rings is 1. The van der Waals surface area contributed by atoms with Crippen LogP contribution in [0, 0.1) is 13.8 Å². The Balaban J connectivity index is 2.04. The molecule has 0 atom stereocenters. The van der Waals surface area contributed by atoms with Crippen molar-refractivity contribution in [3.63, 3.8) is 0 Å². The maximum Gasteiger partial charge on any atom is 0.267 e. The molecule has 0 saturated carbocycles. The molecule has 2 amide bonds. The third-order valence-electron chi connectivity index (χ3n) is 3.84. The first-order valence-electron chi connectivity index (χ1n) is 8.17. The zero-order valence-corrected chi connectivity index (χ0v) is 17.4. The lowest BCUT2D eigenvalue weighted by Crippen LogP contribution is -2.18. The summed E-state index contributed by atoms with van der Waals surface area (Å²) in [4.78, 5) is 33.1. The normalized spacial score (nSPS) is 10.4. The number of anilines is 2. The van der Waals surface area contributed by atoms with Crippen molar-refractivity contribution in [2.75, 3.05) is 17.2 Å². The minimum absolute atomic E-state index is 0.327. The molecule has 2 N–H and O–H groups in total. The van der Waals surface area contributed by atoms with E-state index in [9.17, 15) is 9.59 Å². The smallest absolute Gasteiger partial charge is 0.267 e. The standard InChI is InChI=1S/C18H15BrN6O2S/c1-9-7-10(2)22-18-14(9)15(24-13(26)8-21-25-20)16(28-18)17(27)23-12-5-3-11(19)4-6-12/h3-7H,8H2,1-2H3,(H,23,27)(H,24,26). The summed E-state index contributed by atoms with van der Waals surface area (Å²) >= 11 is 4.55. The Morgan fingerprint density at radius 1 is 1.25 bits per heavy atom. The maximum atomic E-state index is 12.9. The first-order valence-corrected chi connectivity index (χ1v) is 9.78. The minimum atomic E-state index is -0.504. The van der Waals surface area contributed by atoms with Crippen molar-refractivity contribution < 1.29 is 9.59 Å². The van der Waals surface area contributed by atoms with Crippen LogP contribution in [-0.2, 0) is 4.79 Å². The van der Waals surface area contributed by atoms with E-state index in [1.54, 1.807) is 12.1 Å². The van der Waals surface area contributed by atoms with E-state index in [4.69, 9.17) is 5.53 Å². The molecule has 3 rings (SSSR count). The molecular weight excluding hydrogens is 444 g/mol. The molecule has 0 radical (unpaired) electrons. The third kappa shape index (κ3) is 4.30. The lowest BCUT2D eigenvalue weighted by Gasteiger charge is -2.09. The fourth-order valence-corrected chi connectivity index (χ4v) is 4.13. The predicted octanol–water partition coefficient (Wildman–Crippen LogP) is 5.18. The number of carbonyl (C=O) groups excluding carboxylic acids is 2. The molecule has 0 unspecified atom stereocenters. The van der Waals surface area contributed by atoms with Crippen LogP contribution in [0.2, 0.25) is 0 Å². The largest absolute Gasteiger partial charge is 0.324 e. The van der Waals surface area contributed by atoms with E-state index in [1.165, 1.54) is 11.3 Å². The van der Waals surface area contributed by atoms with Gasteiger partial charge in [0.15, 0.2) is 0 Å². The molecule has 3 aromatic rings. The van der Waals surface area contributed by atoms with Crippen LogP contribution in [0.25, 0.3) is 20.7 Å². The Morgan fingerprint density at radius 3 is 2.64 bits per heavy atom. The van der Waals surface area contributed by atoms with Crippen molar-refractivity contribution in [3.8, 4) is 0 Å². The molecule has 0 aliphatic carbocycles. The van der Waals surface area contributed by atoms with Gasteiger partial charge in [-0.1, -0.05) is 21.0 Å². The van der Waals surface area contributed by atoms with Gasteiger partial charge in [-0.2, -0.15) is 0 Å². The monoisotopic (exact) mass is 458 g/mol. The number of halogens is 1. The van der Waals surface area contributed by atoms with E-state index < -0.39 is 5.91 Å².